The maximum atomic E-state index is 9.96. The first-order valence-corrected chi connectivity index (χ1v) is 5.32. The Bertz CT molecular complexity index is 701. The molecule has 0 spiro atoms. The predicted octanol–water partition coefficient (Wildman–Crippen LogP) is 1.27. The van der Waals surface area contributed by atoms with E-state index in [0.717, 1.165) is 0 Å². The zero-order chi connectivity index (χ0) is 12.7. The van der Waals surface area contributed by atoms with Crippen LogP contribution >= 0.6 is 0 Å². The third kappa shape index (κ3) is 1.51. The summed E-state index contributed by atoms with van der Waals surface area (Å²) >= 11 is 0. The summed E-state index contributed by atoms with van der Waals surface area (Å²) in [5, 5.41) is 9.96. The molecular weight excluding hydrogens is 230 g/mol. The molecule has 0 fully saturated rings. The topological polar surface area (TPSA) is 102 Å². The minimum atomic E-state index is -0.0134. The Morgan fingerprint density at radius 2 is 2.06 bits per heavy atom. The molecule has 0 atom stereocenters. The van der Waals surface area contributed by atoms with Crippen LogP contribution in [0.5, 0.6) is 5.75 Å². The highest BCUT2D eigenvalue weighted by atomic mass is 16.3. The van der Waals surface area contributed by atoms with Crippen molar-refractivity contribution in [3.05, 3.63) is 36.9 Å². The predicted molar refractivity (Wildman–Crippen MR) is 68.9 cm³/mol. The number of imidazole rings is 1. The number of fused-ring (bicyclic) bond motifs is 1. The minimum Gasteiger partial charge on any atom is -0.505 e. The Kier molecular flexibility index (Phi) is 2.09. The summed E-state index contributed by atoms with van der Waals surface area (Å²) < 4.78 is 1.81. The Morgan fingerprint density at radius 1 is 1.22 bits per heavy atom. The first kappa shape index (κ1) is 10.4. The van der Waals surface area contributed by atoms with Crippen LogP contribution in [0.1, 0.15) is 0 Å². The molecule has 0 aliphatic heterocycles. The third-order valence-electron chi connectivity index (χ3n) is 2.70. The molecule has 3 rings (SSSR count). The maximum Gasteiger partial charge on any atom is 0.155 e. The number of rotatable bonds is 1. The summed E-state index contributed by atoms with van der Waals surface area (Å²) in [7, 11) is 0. The van der Waals surface area contributed by atoms with E-state index in [0.29, 0.717) is 22.6 Å². The summed E-state index contributed by atoms with van der Waals surface area (Å²) in [5.74, 6) is -0.0134. The van der Waals surface area contributed by atoms with Crippen molar-refractivity contribution in [1.82, 2.24) is 14.4 Å². The second-order valence-corrected chi connectivity index (χ2v) is 3.97. The van der Waals surface area contributed by atoms with Crippen LogP contribution in [0.15, 0.2) is 36.9 Å². The van der Waals surface area contributed by atoms with Gasteiger partial charge in [0.1, 0.15) is 5.75 Å². The normalized spacial score (nSPS) is 10.9. The average Bonchev–Trinajstić information content (AvgIpc) is 2.77. The van der Waals surface area contributed by atoms with E-state index in [4.69, 9.17) is 11.5 Å². The number of phenolic OH excluding ortho intramolecular Hbond substituents is 1. The second-order valence-electron chi connectivity index (χ2n) is 3.97. The second kappa shape index (κ2) is 3.63. The number of aromatic nitrogens is 3. The summed E-state index contributed by atoms with van der Waals surface area (Å²) in [6, 6.07) is 3.15. The molecule has 90 valence electrons. The van der Waals surface area contributed by atoms with Gasteiger partial charge < -0.3 is 21.0 Å². The number of anilines is 2. The number of nitrogen functional groups attached to an aromatic ring is 2. The highest BCUT2D eigenvalue weighted by Crippen LogP contribution is 2.35. The van der Waals surface area contributed by atoms with Crippen molar-refractivity contribution in [2.24, 2.45) is 0 Å². The number of hydrogen-bond acceptors (Lipinski definition) is 5. The van der Waals surface area contributed by atoms with E-state index < -0.39 is 0 Å². The number of nitrogens with zero attached hydrogens (tertiary/aromatic N) is 3. The van der Waals surface area contributed by atoms with Gasteiger partial charge >= 0.3 is 0 Å². The van der Waals surface area contributed by atoms with Crippen LogP contribution in [0.3, 0.4) is 0 Å². The first-order valence-electron chi connectivity index (χ1n) is 5.32. The molecule has 0 aliphatic rings. The van der Waals surface area contributed by atoms with Gasteiger partial charge in [-0.1, -0.05) is 0 Å². The molecule has 1 aromatic carbocycles. The Morgan fingerprint density at radius 3 is 2.83 bits per heavy atom. The van der Waals surface area contributed by atoms with Crippen molar-refractivity contribution in [1.29, 1.82) is 0 Å². The standard InChI is InChI=1S/C12H11N5O/c13-7-3-8(12(18)9(14)4-7)10-6-17-2-1-15-5-11(17)16-10/h1-6,18H,13-14H2. The van der Waals surface area contributed by atoms with Gasteiger partial charge in [0.2, 0.25) is 0 Å². The fourth-order valence-corrected chi connectivity index (χ4v) is 1.85. The van der Waals surface area contributed by atoms with Gasteiger partial charge in [-0.3, -0.25) is 4.98 Å². The lowest BCUT2D eigenvalue weighted by Gasteiger charge is -2.05. The molecule has 2 aromatic heterocycles. The SMILES string of the molecule is Nc1cc(N)c(O)c(-c2cn3ccncc3n2)c1. The Hall–Kier alpha value is -2.76. The van der Waals surface area contributed by atoms with Gasteiger partial charge in [0.05, 0.1) is 17.6 Å². The van der Waals surface area contributed by atoms with Crippen molar-refractivity contribution in [2.75, 3.05) is 11.5 Å². The van der Waals surface area contributed by atoms with E-state index in [2.05, 4.69) is 9.97 Å². The van der Waals surface area contributed by atoms with E-state index in [1.165, 1.54) is 6.07 Å². The van der Waals surface area contributed by atoms with Crippen LogP contribution in [0.25, 0.3) is 16.9 Å². The van der Waals surface area contributed by atoms with Gasteiger partial charge in [0.25, 0.3) is 0 Å². The molecular formula is C12H11N5O. The van der Waals surface area contributed by atoms with Gasteiger partial charge in [0.15, 0.2) is 5.65 Å². The summed E-state index contributed by atoms with van der Waals surface area (Å²) in [6.45, 7) is 0. The molecule has 0 unspecified atom stereocenters. The van der Waals surface area contributed by atoms with Crippen molar-refractivity contribution in [3.63, 3.8) is 0 Å². The van der Waals surface area contributed by atoms with Crippen molar-refractivity contribution in [3.8, 4) is 17.0 Å². The zero-order valence-corrected chi connectivity index (χ0v) is 9.41. The molecule has 6 heteroatoms. The fraction of sp³-hybridized carbons (Fsp3) is 0. The van der Waals surface area contributed by atoms with Crippen molar-refractivity contribution < 1.29 is 5.11 Å². The number of phenols is 1. The van der Waals surface area contributed by atoms with Gasteiger partial charge in [-0.05, 0) is 12.1 Å². The largest absolute Gasteiger partial charge is 0.505 e. The van der Waals surface area contributed by atoms with Crippen molar-refractivity contribution >= 4 is 17.0 Å². The summed E-state index contributed by atoms with van der Waals surface area (Å²) in [5.41, 5.74) is 13.9. The molecule has 0 saturated carbocycles. The van der Waals surface area contributed by atoms with Crippen LogP contribution in [0.2, 0.25) is 0 Å². The van der Waals surface area contributed by atoms with Crippen LogP contribution in [-0.4, -0.2) is 19.5 Å². The highest BCUT2D eigenvalue weighted by Gasteiger charge is 2.12. The molecule has 6 nitrogen and oxygen atoms in total. The third-order valence-corrected chi connectivity index (χ3v) is 2.70. The lowest BCUT2D eigenvalue weighted by molar-refractivity contribution is 0.480. The zero-order valence-electron chi connectivity index (χ0n) is 9.41. The monoisotopic (exact) mass is 241 g/mol. The number of aromatic hydroxyl groups is 1. The van der Waals surface area contributed by atoms with Crippen LogP contribution < -0.4 is 11.5 Å². The van der Waals surface area contributed by atoms with Crippen LogP contribution in [-0.2, 0) is 0 Å². The maximum absolute atomic E-state index is 9.96. The fourth-order valence-electron chi connectivity index (χ4n) is 1.85. The summed E-state index contributed by atoms with van der Waals surface area (Å²) in [6.07, 6.45) is 6.85. The van der Waals surface area contributed by atoms with Crippen molar-refractivity contribution in [2.45, 2.75) is 0 Å². The van der Waals surface area contributed by atoms with E-state index in [9.17, 15) is 5.11 Å². The highest BCUT2D eigenvalue weighted by molar-refractivity contribution is 5.79. The first-order chi connectivity index (χ1) is 8.65. The van der Waals surface area contributed by atoms with E-state index in [-0.39, 0.29) is 11.4 Å². The van der Waals surface area contributed by atoms with Crippen LogP contribution in [0, 0.1) is 0 Å². The van der Waals surface area contributed by atoms with Gasteiger partial charge in [-0.2, -0.15) is 0 Å². The van der Waals surface area contributed by atoms with Crippen LogP contribution in [0.4, 0.5) is 11.4 Å². The Labute approximate surface area is 103 Å². The smallest absolute Gasteiger partial charge is 0.155 e. The number of hydrogen-bond donors (Lipinski definition) is 3. The molecule has 0 radical (unpaired) electrons. The molecule has 0 bridgehead atoms. The molecule has 5 N–H and O–H groups in total. The van der Waals surface area contributed by atoms with E-state index in [1.54, 1.807) is 35.3 Å². The van der Waals surface area contributed by atoms with Gasteiger partial charge in [-0.25, -0.2) is 4.98 Å². The lowest BCUT2D eigenvalue weighted by Crippen LogP contribution is -1.93. The lowest BCUT2D eigenvalue weighted by atomic mass is 10.1. The molecule has 0 amide bonds. The molecule has 18 heavy (non-hydrogen) atoms. The molecule has 0 aliphatic carbocycles. The van der Waals surface area contributed by atoms with E-state index in [1.807, 2.05) is 0 Å². The molecule has 2 heterocycles. The molecule has 3 aromatic rings. The minimum absolute atomic E-state index is 0.0134. The average molecular weight is 241 g/mol. The Balaban J connectivity index is 2.26. The number of nitrogens with two attached hydrogens (primary N) is 2. The van der Waals surface area contributed by atoms with E-state index >= 15 is 0 Å². The number of benzene rings is 1. The van der Waals surface area contributed by atoms with Gasteiger partial charge in [-0.15, -0.1) is 0 Å². The van der Waals surface area contributed by atoms with Gasteiger partial charge in [0, 0.05) is 29.8 Å². The molecule has 0 saturated heterocycles. The quantitative estimate of drug-likeness (QED) is 0.338. The summed E-state index contributed by atoms with van der Waals surface area (Å²) in [4.78, 5) is 8.34.